The average Bonchev–Trinajstić information content (AvgIpc) is 2.53. The number of carbonyl (C=O) groups is 1. The lowest BCUT2D eigenvalue weighted by Crippen LogP contribution is -1.99. The maximum atomic E-state index is 11.4. The normalized spacial score (nSPS) is 10.1. The van der Waals surface area contributed by atoms with Crippen LogP contribution in [0.5, 0.6) is 17.2 Å². The molecule has 4 heteroatoms. The van der Waals surface area contributed by atoms with E-state index in [1.807, 2.05) is 12.1 Å². The van der Waals surface area contributed by atoms with E-state index in [1.54, 1.807) is 31.2 Å². The molecule has 114 valence electrons. The highest BCUT2D eigenvalue weighted by Gasteiger charge is 2.20. The van der Waals surface area contributed by atoms with E-state index in [0.29, 0.717) is 46.6 Å². The van der Waals surface area contributed by atoms with Crippen molar-refractivity contribution in [2.24, 2.45) is 0 Å². The fourth-order valence-corrected chi connectivity index (χ4v) is 2.39. The average molecular weight is 298 g/mol. The Balaban J connectivity index is 2.71. The SMILES string of the molecule is C=CCOc1ccccc1-c1c(C=O)cc(C)c(OC)c1O. The molecule has 0 unspecified atom stereocenters. The van der Waals surface area contributed by atoms with Gasteiger partial charge in [0.15, 0.2) is 17.8 Å². The summed E-state index contributed by atoms with van der Waals surface area (Å²) in [5.74, 6) is 0.838. The van der Waals surface area contributed by atoms with Crippen LogP contribution in [0.1, 0.15) is 15.9 Å². The quantitative estimate of drug-likeness (QED) is 0.652. The standard InChI is InChI=1S/C18H18O4/c1-4-9-22-15-8-6-5-7-14(15)16-13(11-19)10-12(2)18(21-3)17(16)20/h4-8,10-11,20H,1,9H2,2-3H3. The molecule has 0 aliphatic heterocycles. The highest BCUT2D eigenvalue weighted by Crippen LogP contribution is 2.44. The van der Waals surface area contributed by atoms with Crippen LogP contribution in [0.3, 0.4) is 0 Å². The molecule has 22 heavy (non-hydrogen) atoms. The van der Waals surface area contributed by atoms with Crippen molar-refractivity contribution < 1.29 is 19.4 Å². The number of phenolic OH excluding ortho intramolecular Hbond substituents is 1. The lowest BCUT2D eigenvalue weighted by atomic mass is 9.95. The third-order valence-corrected chi connectivity index (χ3v) is 3.31. The number of ether oxygens (including phenoxy) is 2. The van der Waals surface area contributed by atoms with Crippen molar-refractivity contribution in [2.45, 2.75) is 6.92 Å². The molecule has 0 radical (unpaired) electrons. The fourth-order valence-electron chi connectivity index (χ4n) is 2.39. The van der Waals surface area contributed by atoms with Crippen molar-refractivity contribution in [1.29, 1.82) is 0 Å². The van der Waals surface area contributed by atoms with Crippen LogP contribution in [0.4, 0.5) is 0 Å². The first kappa shape index (κ1) is 15.6. The van der Waals surface area contributed by atoms with Gasteiger partial charge >= 0.3 is 0 Å². The van der Waals surface area contributed by atoms with E-state index in [-0.39, 0.29) is 5.75 Å². The first-order valence-electron chi connectivity index (χ1n) is 6.82. The van der Waals surface area contributed by atoms with Crippen molar-refractivity contribution in [2.75, 3.05) is 13.7 Å². The van der Waals surface area contributed by atoms with E-state index in [1.165, 1.54) is 7.11 Å². The monoisotopic (exact) mass is 298 g/mol. The molecule has 0 aromatic heterocycles. The zero-order valence-electron chi connectivity index (χ0n) is 12.6. The third-order valence-electron chi connectivity index (χ3n) is 3.31. The summed E-state index contributed by atoms with van der Waals surface area (Å²) in [6.45, 7) is 5.72. The second-order valence-electron chi connectivity index (χ2n) is 4.75. The number of hydrogen-bond donors (Lipinski definition) is 1. The predicted octanol–water partition coefficient (Wildman–Crippen LogP) is 3.75. The van der Waals surface area contributed by atoms with Gasteiger partial charge in [0.1, 0.15) is 12.4 Å². The lowest BCUT2D eigenvalue weighted by molar-refractivity contribution is 0.112. The van der Waals surface area contributed by atoms with Crippen molar-refractivity contribution in [3.63, 3.8) is 0 Å². The van der Waals surface area contributed by atoms with Crippen molar-refractivity contribution in [3.05, 3.63) is 54.1 Å². The molecule has 0 saturated carbocycles. The Bertz CT molecular complexity index is 704. The first-order valence-corrected chi connectivity index (χ1v) is 6.82. The topological polar surface area (TPSA) is 55.8 Å². The Hall–Kier alpha value is -2.75. The Kier molecular flexibility index (Phi) is 4.84. The molecule has 0 saturated heterocycles. The minimum absolute atomic E-state index is 0.0701. The Morgan fingerprint density at radius 2 is 2.05 bits per heavy atom. The zero-order chi connectivity index (χ0) is 16.1. The smallest absolute Gasteiger partial charge is 0.166 e. The van der Waals surface area contributed by atoms with Crippen molar-refractivity contribution in [1.82, 2.24) is 0 Å². The molecule has 0 aliphatic rings. The summed E-state index contributed by atoms with van der Waals surface area (Å²) < 4.78 is 10.8. The molecule has 0 fully saturated rings. The molecule has 0 aliphatic carbocycles. The van der Waals surface area contributed by atoms with Gasteiger partial charge in [0.05, 0.1) is 7.11 Å². The summed E-state index contributed by atoms with van der Waals surface area (Å²) in [5, 5.41) is 10.5. The number of rotatable bonds is 6. The molecule has 2 aromatic rings. The summed E-state index contributed by atoms with van der Waals surface area (Å²) in [5.41, 5.74) is 2.10. The van der Waals surface area contributed by atoms with Crippen LogP contribution in [0.2, 0.25) is 0 Å². The summed E-state index contributed by atoms with van der Waals surface area (Å²) in [6, 6.07) is 8.89. The molecule has 4 nitrogen and oxygen atoms in total. The molecular formula is C18H18O4. The van der Waals surface area contributed by atoms with E-state index >= 15 is 0 Å². The number of hydrogen-bond acceptors (Lipinski definition) is 4. The first-order chi connectivity index (χ1) is 10.6. The number of benzene rings is 2. The van der Waals surface area contributed by atoms with Gasteiger partial charge in [-0.3, -0.25) is 4.79 Å². The summed E-state index contributed by atoms with van der Waals surface area (Å²) in [6.07, 6.45) is 2.35. The molecule has 0 amide bonds. The van der Waals surface area contributed by atoms with Gasteiger partial charge in [-0.2, -0.15) is 0 Å². The molecular weight excluding hydrogens is 280 g/mol. The molecule has 0 heterocycles. The fraction of sp³-hybridized carbons (Fsp3) is 0.167. The molecule has 1 N–H and O–H groups in total. The van der Waals surface area contributed by atoms with Gasteiger partial charge < -0.3 is 14.6 Å². The second kappa shape index (κ2) is 6.80. The molecule has 2 aromatic carbocycles. The Labute approximate surface area is 129 Å². The van der Waals surface area contributed by atoms with Crippen LogP contribution >= 0.6 is 0 Å². The maximum absolute atomic E-state index is 11.4. The van der Waals surface area contributed by atoms with Crippen LogP contribution in [0.15, 0.2) is 43.0 Å². The molecule has 0 spiro atoms. The van der Waals surface area contributed by atoms with Gasteiger partial charge in [0.25, 0.3) is 0 Å². The Morgan fingerprint density at radius 1 is 1.32 bits per heavy atom. The highest BCUT2D eigenvalue weighted by atomic mass is 16.5. The van der Waals surface area contributed by atoms with Gasteiger partial charge in [-0.25, -0.2) is 0 Å². The number of para-hydroxylation sites is 1. The number of methoxy groups -OCH3 is 1. The number of carbonyl (C=O) groups excluding carboxylic acids is 1. The van der Waals surface area contributed by atoms with Gasteiger partial charge in [-0.1, -0.05) is 30.9 Å². The number of aromatic hydroxyl groups is 1. The summed E-state index contributed by atoms with van der Waals surface area (Å²) >= 11 is 0. The summed E-state index contributed by atoms with van der Waals surface area (Å²) in [7, 11) is 1.48. The van der Waals surface area contributed by atoms with Crippen LogP contribution in [0.25, 0.3) is 11.1 Å². The largest absolute Gasteiger partial charge is 0.504 e. The zero-order valence-corrected chi connectivity index (χ0v) is 12.6. The highest BCUT2D eigenvalue weighted by molar-refractivity contribution is 5.94. The summed E-state index contributed by atoms with van der Waals surface area (Å²) in [4.78, 5) is 11.4. The van der Waals surface area contributed by atoms with Gasteiger partial charge in [0, 0.05) is 16.7 Å². The number of aryl methyl sites for hydroxylation is 1. The van der Waals surface area contributed by atoms with E-state index in [9.17, 15) is 9.90 Å². The van der Waals surface area contributed by atoms with Crippen molar-refractivity contribution in [3.8, 4) is 28.4 Å². The van der Waals surface area contributed by atoms with Gasteiger partial charge in [0.2, 0.25) is 0 Å². The molecule has 2 rings (SSSR count). The van der Waals surface area contributed by atoms with Crippen LogP contribution < -0.4 is 9.47 Å². The Morgan fingerprint density at radius 3 is 2.68 bits per heavy atom. The van der Waals surface area contributed by atoms with E-state index in [2.05, 4.69) is 6.58 Å². The predicted molar refractivity (Wildman–Crippen MR) is 85.9 cm³/mol. The third kappa shape index (κ3) is 2.81. The van der Waals surface area contributed by atoms with Crippen molar-refractivity contribution >= 4 is 6.29 Å². The molecule has 0 atom stereocenters. The van der Waals surface area contributed by atoms with Crippen LogP contribution in [0, 0.1) is 6.92 Å². The number of aldehydes is 1. The van der Waals surface area contributed by atoms with Gasteiger partial charge in [-0.05, 0) is 24.6 Å². The maximum Gasteiger partial charge on any atom is 0.166 e. The van der Waals surface area contributed by atoms with Crippen LogP contribution in [-0.2, 0) is 0 Å². The van der Waals surface area contributed by atoms with E-state index in [4.69, 9.17) is 9.47 Å². The lowest BCUT2D eigenvalue weighted by Gasteiger charge is -2.16. The van der Waals surface area contributed by atoms with E-state index < -0.39 is 0 Å². The van der Waals surface area contributed by atoms with Gasteiger partial charge in [-0.15, -0.1) is 0 Å². The minimum atomic E-state index is -0.0701. The number of phenols is 1. The van der Waals surface area contributed by atoms with E-state index in [0.717, 1.165) is 0 Å². The van der Waals surface area contributed by atoms with Crippen LogP contribution in [-0.4, -0.2) is 25.1 Å². The second-order valence-corrected chi connectivity index (χ2v) is 4.75. The minimum Gasteiger partial charge on any atom is -0.504 e. The molecule has 0 bridgehead atoms.